The van der Waals surface area contributed by atoms with Crippen LogP contribution in [-0.4, -0.2) is 45.5 Å². The number of hydrogen-bond acceptors (Lipinski definition) is 5. The number of rotatable bonds is 9. The quantitative estimate of drug-likeness (QED) is 0.359. The molecule has 6 nitrogen and oxygen atoms in total. The van der Waals surface area contributed by atoms with Gasteiger partial charge in [-0.15, -0.1) is 16.8 Å². The molecule has 8 heteroatoms. The molecule has 1 aromatic heterocycles. The molecule has 1 amide bonds. The summed E-state index contributed by atoms with van der Waals surface area (Å²) in [6.07, 6.45) is 1.78. The summed E-state index contributed by atoms with van der Waals surface area (Å²) in [5, 5.41) is 9.91. The molecule has 0 N–H and O–H groups in total. The number of thioether (sulfide) groups is 1. The van der Waals surface area contributed by atoms with Gasteiger partial charge in [0, 0.05) is 36.3 Å². The van der Waals surface area contributed by atoms with Crippen molar-refractivity contribution in [1.82, 2.24) is 19.7 Å². The topological polar surface area (TPSA) is 60.2 Å². The van der Waals surface area contributed by atoms with Crippen LogP contribution in [-0.2, 0) is 17.9 Å². The lowest BCUT2D eigenvalue weighted by atomic mass is 10.2. The Labute approximate surface area is 185 Å². The molecule has 0 saturated heterocycles. The first kappa shape index (κ1) is 21.9. The molecule has 0 aliphatic rings. The predicted molar refractivity (Wildman–Crippen MR) is 121 cm³/mol. The van der Waals surface area contributed by atoms with E-state index in [0.29, 0.717) is 29.1 Å². The van der Waals surface area contributed by atoms with Gasteiger partial charge in [0.1, 0.15) is 5.75 Å². The van der Waals surface area contributed by atoms with Gasteiger partial charge in [-0.05, 0) is 30.3 Å². The summed E-state index contributed by atoms with van der Waals surface area (Å²) in [5.41, 5.74) is 1.86. The van der Waals surface area contributed by atoms with E-state index in [0.717, 1.165) is 16.9 Å². The van der Waals surface area contributed by atoms with Crippen LogP contribution in [0.25, 0.3) is 11.4 Å². The van der Waals surface area contributed by atoms with Crippen molar-refractivity contribution in [2.45, 2.75) is 18.2 Å². The van der Waals surface area contributed by atoms with Crippen LogP contribution in [0.1, 0.15) is 5.56 Å². The molecule has 0 bridgehead atoms. The van der Waals surface area contributed by atoms with Crippen LogP contribution in [0.15, 0.2) is 66.3 Å². The number of amides is 1. The van der Waals surface area contributed by atoms with Crippen LogP contribution in [0.2, 0.25) is 5.02 Å². The van der Waals surface area contributed by atoms with Gasteiger partial charge < -0.3 is 9.64 Å². The van der Waals surface area contributed by atoms with Crippen LogP contribution < -0.4 is 4.74 Å². The smallest absolute Gasteiger partial charge is 0.233 e. The molecule has 0 fully saturated rings. The Hall–Kier alpha value is -2.77. The lowest BCUT2D eigenvalue weighted by Gasteiger charge is -2.18. The fourth-order valence-electron chi connectivity index (χ4n) is 2.92. The number of aromatic nitrogens is 3. The molecule has 0 aliphatic heterocycles. The lowest BCUT2D eigenvalue weighted by molar-refractivity contribution is -0.127. The molecule has 0 radical (unpaired) electrons. The normalized spacial score (nSPS) is 10.6. The first-order valence-corrected chi connectivity index (χ1v) is 10.7. The number of carbonyl (C=O) groups excluding carboxylic acids is 1. The number of methoxy groups -OCH3 is 1. The average molecular weight is 443 g/mol. The van der Waals surface area contributed by atoms with E-state index in [9.17, 15) is 4.79 Å². The minimum atomic E-state index is -0.00731. The molecule has 0 unspecified atom stereocenters. The van der Waals surface area contributed by atoms with Crippen LogP contribution in [0.4, 0.5) is 0 Å². The second-order valence-corrected chi connectivity index (χ2v) is 7.94. The average Bonchev–Trinajstić information content (AvgIpc) is 3.15. The Morgan fingerprint density at radius 2 is 1.97 bits per heavy atom. The van der Waals surface area contributed by atoms with Gasteiger partial charge in [0.2, 0.25) is 5.91 Å². The van der Waals surface area contributed by atoms with Crippen LogP contribution in [0, 0.1) is 0 Å². The fourth-order valence-corrected chi connectivity index (χ4v) is 3.93. The minimum Gasteiger partial charge on any atom is -0.496 e. The van der Waals surface area contributed by atoms with Crippen molar-refractivity contribution in [3.63, 3.8) is 0 Å². The molecular weight excluding hydrogens is 420 g/mol. The van der Waals surface area contributed by atoms with Gasteiger partial charge >= 0.3 is 0 Å². The Morgan fingerprint density at radius 1 is 1.23 bits per heavy atom. The van der Waals surface area contributed by atoms with E-state index >= 15 is 0 Å². The maximum Gasteiger partial charge on any atom is 0.233 e. The predicted octanol–water partition coefficient (Wildman–Crippen LogP) is 4.54. The van der Waals surface area contributed by atoms with Gasteiger partial charge in [0.25, 0.3) is 0 Å². The number of benzene rings is 2. The van der Waals surface area contributed by atoms with Crippen LogP contribution in [0.3, 0.4) is 0 Å². The van der Waals surface area contributed by atoms with Crippen molar-refractivity contribution < 1.29 is 9.53 Å². The van der Waals surface area contributed by atoms with E-state index in [2.05, 4.69) is 16.8 Å². The van der Waals surface area contributed by atoms with E-state index < -0.39 is 0 Å². The Balaban J connectivity index is 1.69. The van der Waals surface area contributed by atoms with Gasteiger partial charge in [0.15, 0.2) is 11.0 Å². The molecule has 1 heterocycles. The van der Waals surface area contributed by atoms with Crippen molar-refractivity contribution in [3.05, 3.63) is 71.8 Å². The highest BCUT2D eigenvalue weighted by Gasteiger charge is 2.17. The Bertz CT molecular complexity index is 1020. The molecular formula is C22H23ClN4O2S. The molecule has 0 aliphatic carbocycles. The van der Waals surface area contributed by atoms with E-state index in [-0.39, 0.29) is 11.7 Å². The molecule has 2 aromatic carbocycles. The largest absolute Gasteiger partial charge is 0.496 e. The summed E-state index contributed by atoms with van der Waals surface area (Å²) in [6.45, 7) is 4.83. The maximum atomic E-state index is 12.7. The first-order valence-electron chi connectivity index (χ1n) is 9.32. The number of carbonyl (C=O) groups is 1. The van der Waals surface area contributed by atoms with Crippen molar-refractivity contribution in [2.75, 3.05) is 19.9 Å². The fraction of sp³-hybridized carbons (Fsp3) is 0.227. The molecule has 156 valence electrons. The lowest BCUT2D eigenvalue weighted by Crippen LogP contribution is -2.28. The van der Waals surface area contributed by atoms with Gasteiger partial charge in [-0.1, -0.05) is 47.6 Å². The zero-order valence-corrected chi connectivity index (χ0v) is 18.5. The van der Waals surface area contributed by atoms with Crippen LogP contribution >= 0.6 is 23.4 Å². The summed E-state index contributed by atoms with van der Waals surface area (Å²) < 4.78 is 7.31. The van der Waals surface area contributed by atoms with Crippen molar-refractivity contribution in [3.8, 4) is 17.1 Å². The highest BCUT2D eigenvalue weighted by molar-refractivity contribution is 7.99. The summed E-state index contributed by atoms with van der Waals surface area (Å²) in [6, 6.07) is 15.1. The number of halogens is 1. The molecule has 0 atom stereocenters. The zero-order chi connectivity index (χ0) is 21.5. The van der Waals surface area contributed by atoms with Crippen LogP contribution in [0.5, 0.6) is 5.75 Å². The second-order valence-electron chi connectivity index (χ2n) is 6.56. The van der Waals surface area contributed by atoms with Gasteiger partial charge in [-0.3, -0.25) is 9.36 Å². The van der Waals surface area contributed by atoms with Crippen molar-refractivity contribution in [2.24, 2.45) is 0 Å². The number of nitrogens with zero attached hydrogens (tertiary/aromatic N) is 4. The van der Waals surface area contributed by atoms with Gasteiger partial charge in [-0.2, -0.15) is 0 Å². The molecule has 30 heavy (non-hydrogen) atoms. The van der Waals surface area contributed by atoms with Gasteiger partial charge in [-0.25, -0.2) is 0 Å². The SMILES string of the molecule is C=CCn1c(SCC(=O)N(C)Cc2ccccc2OC)nnc1-c1ccc(Cl)cc1. The summed E-state index contributed by atoms with van der Waals surface area (Å²) in [7, 11) is 3.41. The highest BCUT2D eigenvalue weighted by Crippen LogP contribution is 2.26. The van der Waals surface area contributed by atoms with Crippen molar-refractivity contribution >= 4 is 29.3 Å². The molecule has 0 saturated carbocycles. The van der Waals surface area contributed by atoms with Gasteiger partial charge in [0.05, 0.1) is 12.9 Å². The third-order valence-corrected chi connectivity index (χ3v) is 5.68. The summed E-state index contributed by atoms with van der Waals surface area (Å²) in [5.74, 6) is 1.72. The van der Waals surface area contributed by atoms with E-state index in [4.69, 9.17) is 16.3 Å². The van der Waals surface area contributed by atoms with E-state index in [1.54, 1.807) is 25.1 Å². The zero-order valence-electron chi connectivity index (χ0n) is 16.9. The summed E-state index contributed by atoms with van der Waals surface area (Å²) >= 11 is 7.34. The minimum absolute atomic E-state index is 0.00731. The van der Waals surface area contributed by atoms with E-state index in [1.807, 2.05) is 53.1 Å². The maximum absolute atomic E-state index is 12.7. The number of hydrogen-bond donors (Lipinski definition) is 0. The standard InChI is InChI=1S/C22H23ClN4O2S/c1-4-13-27-21(16-9-11-18(23)12-10-16)24-25-22(27)30-15-20(28)26(2)14-17-7-5-6-8-19(17)29-3/h4-12H,1,13-15H2,2-3H3. The monoisotopic (exact) mass is 442 g/mol. The molecule has 0 spiro atoms. The number of allylic oxidation sites excluding steroid dienone is 1. The summed E-state index contributed by atoms with van der Waals surface area (Å²) in [4.78, 5) is 14.4. The number of ether oxygens (including phenoxy) is 1. The molecule has 3 rings (SSSR count). The third kappa shape index (κ3) is 5.23. The third-order valence-electron chi connectivity index (χ3n) is 4.48. The Morgan fingerprint density at radius 3 is 2.67 bits per heavy atom. The number of para-hydroxylation sites is 1. The highest BCUT2D eigenvalue weighted by atomic mass is 35.5. The first-order chi connectivity index (χ1) is 14.5. The van der Waals surface area contributed by atoms with Crippen molar-refractivity contribution in [1.29, 1.82) is 0 Å². The van der Waals surface area contributed by atoms with E-state index in [1.165, 1.54) is 11.8 Å². The molecule has 3 aromatic rings. The second kappa shape index (κ2) is 10.3. The Kier molecular flexibility index (Phi) is 7.54.